The molecule has 2 nitrogen and oxygen atoms in total. The van der Waals surface area contributed by atoms with E-state index in [9.17, 15) is 4.79 Å². The Morgan fingerprint density at radius 2 is 1.94 bits per heavy atom. The first kappa shape index (κ1) is 13.1. The molecule has 2 heteroatoms. The molecule has 1 atom stereocenters. The molecule has 1 unspecified atom stereocenters. The number of aryl methyl sites for hydroxylation is 2. The lowest BCUT2D eigenvalue weighted by atomic mass is 9.82. The van der Waals surface area contributed by atoms with Gasteiger partial charge in [-0.1, -0.05) is 12.1 Å². The fraction of sp³-hybridized carbons (Fsp3) is 0.562. The van der Waals surface area contributed by atoms with Crippen LogP contribution in [0.1, 0.15) is 55.2 Å². The monoisotopic (exact) mass is 246 g/mol. The average Bonchev–Trinajstić information content (AvgIpc) is 2.33. The summed E-state index contributed by atoms with van der Waals surface area (Å²) < 4.78 is 5.66. The SMILES string of the molecule is CCOc1c(C)cc(C2CCCC(=O)C2)cc1C. The lowest BCUT2D eigenvalue weighted by Crippen LogP contribution is -2.13. The Labute approximate surface area is 109 Å². The molecule has 1 aliphatic rings. The van der Waals surface area contributed by atoms with Crippen molar-refractivity contribution in [3.63, 3.8) is 0 Å². The summed E-state index contributed by atoms with van der Waals surface area (Å²) >= 11 is 0. The summed E-state index contributed by atoms with van der Waals surface area (Å²) in [5.74, 6) is 1.83. The Bertz CT molecular complexity index is 425. The van der Waals surface area contributed by atoms with Gasteiger partial charge in [-0.15, -0.1) is 0 Å². The third-order valence-electron chi connectivity index (χ3n) is 3.73. The summed E-state index contributed by atoms with van der Waals surface area (Å²) in [6, 6.07) is 4.39. The van der Waals surface area contributed by atoms with Crippen molar-refractivity contribution in [2.45, 2.75) is 52.4 Å². The highest BCUT2D eigenvalue weighted by Crippen LogP contribution is 2.34. The van der Waals surface area contributed by atoms with E-state index in [4.69, 9.17) is 4.74 Å². The second kappa shape index (κ2) is 5.55. The van der Waals surface area contributed by atoms with Gasteiger partial charge in [-0.05, 0) is 56.2 Å². The van der Waals surface area contributed by atoms with Crippen molar-refractivity contribution >= 4 is 5.78 Å². The molecule has 0 bridgehead atoms. The van der Waals surface area contributed by atoms with Crippen LogP contribution in [-0.2, 0) is 4.79 Å². The molecule has 1 aromatic carbocycles. The molecular weight excluding hydrogens is 224 g/mol. The zero-order chi connectivity index (χ0) is 13.1. The number of carbonyl (C=O) groups is 1. The third-order valence-corrected chi connectivity index (χ3v) is 3.73. The number of hydrogen-bond donors (Lipinski definition) is 0. The van der Waals surface area contributed by atoms with Crippen LogP contribution in [0.3, 0.4) is 0 Å². The Morgan fingerprint density at radius 3 is 2.50 bits per heavy atom. The molecule has 0 radical (unpaired) electrons. The summed E-state index contributed by atoms with van der Waals surface area (Å²) in [6.45, 7) is 6.88. The van der Waals surface area contributed by atoms with Crippen molar-refractivity contribution in [1.82, 2.24) is 0 Å². The highest BCUT2D eigenvalue weighted by atomic mass is 16.5. The van der Waals surface area contributed by atoms with Crippen LogP contribution in [0.5, 0.6) is 5.75 Å². The van der Waals surface area contributed by atoms with Gasteiger partial charge in [0.2, 0.25) is 0 Å². The van der Waals surface area contributed by atoms with Gasteiger partial charge in [0.25, 0.3) is 0 Å². The van der Waals surface area contributed by atoms with Crippen LogP contribution in [0.2, 0.25) is 0 Å². The van der Waals surface area contributed by atoms with Gasteiger partial charge in [-0.25, -0.2) is 0 Å². The first-order chi connectivity index (χ1) is 8.61. The van der Waals surface area contributed by atoms with Gasteiger partial charge in [0.1, 0.15) is 11.5 Å². The molecule has 1 saturated carbocycles. The number of ketones is 1. The maximum Gasteiger partial charge on any atom is 0.133 e. The summed E-state index contributed by atoms with van der Waals surface area (Å²) in [5.41, 5.74) is 3.68. The van der Waals surface area contributed by atoms with E-state index in [1.807, 2.05) is 6.92 Å². The molecule has 0 spiro atoms. The van der Waals surface area contributed by atoms with Crippen LogP contribution in [0, 0.1) is 13.8 Å². The molecule has 0 aliphatic heterocycles. The summed E-state index contributed by atoms with van der Waals surface area (Å²) in [4.78, 5) is 11.6. The number of hydrogen-bond acceptors (Lipinski definition) is 2. The minimum atomic E-state index is 0.412. The van der Waals surface area contributed by atoms with Crippen LogP contribution in [-0.4, -0.2) is 12.4 Å². The molecule has 0 N–H and O–H groups in total. The largest absolute Gasteiger partial charge is 0.493 e. The van der Waals surface area contributed by atoms with Gasteiger partial charge < -0.3 is 4.74 Å². The standard InChI is InChI=1S/C16H22O2/c1-4-18-16-11(2)8-14(9-12(16)3)13-6-5-7-15(17)10-13/h8-9,13H,4-7,10H2,1-3H3. The van der Waals surface area contributed by atoms with E-state index < -0.39 is 0 Å². The van der Waals surface area contributed by atoms with Crippen LogP contribution >= 0.6 is 0 Å². The molecule has 98 valence electrons. The first-order valence-electron chi connectivity index (χ1n) is 6.87. The fourth-order valence-corrected chi connectivity index (χ4v) is 2.90. The zero-order valence-electron chi connectivity index (χ0n) is 11.6. The minimum absolute atomic E-state index is 0.412. The van der Waals surface area contributed by atoms with Gasteiger partial charge in [0, 0.05) is 12.8 Å². The number of benzene rings is 1. The quantitative estimate of drug-likeness (QED) is 0.807. The predicted octanol–water partition coefficient (Wildman–Crippen LogP) is 3.93. The van der Waals surface area contributed by atoms with Crippen LogP contribution in [0.4, 0.5) is 0 Å². The molecule has 18 heavy (non-hydrogen) atoms. The van der Waals surface area contributed by atoms with Gasteiger partial charge in [-0.2, -0.15) is 0 Å². The maximum atomic E-state index is 11.6. The third kappa shape index (κ3) is 2.74. The number of rotatable bonds is 3. The highest BCUT2D eigenvalue weighted by molar-refractivity contribution is 5.80. The smallest absolute Gasteiger partial charge is 0.133 e. The molecule has 0 heterocycles. The van der Waals surface area contributed by atoms with E-state index in [-0.39, 0.29) is 0 Å². The van der Waals surface area contributed by atoms with Crippen molar-refractivity contribution in [3.8, 4) is 5.75 Å². The van der Waals surface area contributed by atoms with Crippen LogP contribution < -0.4 is 4.74 Å². The van der Waals surface area contributed by atoms with Crippen LogP contribution in [0.25, 0.3) is 0 Å². The Morgan fingerprint density at radius 1 is 1.28 bits per heavy atom. The number of carbonyl (C=O) groups excluding carboxylic acids is 1. The van der Waals surface area contributed by atoms with Crippen molar-refractivity contribution in [2.24, 2.45) is 0 Å². The second-order valence-electron chi connectivity index (χ2n) is 5.25. The second-order valence-corrected chi connectivity index (χ2v) is 5.25. The molecule has 2 rings (SSSR count). The average molecular weight is 246 g/mol. The Balaban J connectivity index is 2.26. The first-order valence-corrected chi connectivity index (χ1v) is 6.87. The lowest BCUT2D eigenvalue weighted by Gasteiger charge is -2.23. The van der Waals surface area contributed by atoms with E-state index in [1.165, 1.54) is 16.7 Å². The summed E-state index contributed by atoms with van der Waals surface area (Å²) in [5, 5.41) is 0. The van der Waals surface area contributed by atoms with Gasteiger partial charge in [0.15, 0.2) is 0 Å². The van der Waals surface area contributed by atoms with Crippen LogP contribution in [0.15, 0.2) is 12.1 Å². The van der Waals surface area contributed by atoms with Crippen molar-refractivity contribution in [1.29, 1.82) is 0 Å². The normalized spacial score (nSPS) is 19.9. The molecule has 1 fully saturated rings. The fourth-order valence-electron chi connectivity index (χ4n) is 2.90. The van der Waals surface area contributed by atoms with E-state index in [1.54, 1.807) is 0 Å². The maximum absolute atomic E-state index is 11.6. The van der Waals surface area contributed by atoms with Crippen molar-refractivity contribution < 1.29 is 9.53 Å². The van der Waals surface area contributed by atoms with Gasteiger partial charge >= 0.3 is 0 Å². The Hall–Kier alpha value is -1.31. The van der Waals surface area contributed by atoms with Gasteiger partial charge in [-0.3, -0.25) is 4.79 Å². The molecule has 1 aromatic rings. The van der Waals surface area contributed by atoms with E-state index in [2.05, 4.69) is 26.0 Å². The molecule has 0 amide bonds. The number of ether oxygens (including phenoxy) is 1. The van der Waals surface area contributed by atoms with E-state index in [0.717, 1.165) is 25.0 Å². The molecule has 0 saturated heterocycles. The number of Topliss-reactive ketones (excluding diaryl/α,β-unsaturated/α-hetero) is 1. The van der Waals surface area contributed by atoms with E-state index in [0.29, 0.717) is 24.7 Å². The van der Waals surface area contributed by atoms with Crippen molar-refractivity contribution in [2.75, 3.05) is 6.61 Å². The topological polar surface area (TPSA) is 26.3 Å². The molecule has 1 aliphatic carbocycles. The molecular formula is C16H22O2. The lowest BCUT2D eigenvalue weighted by molar-refractivity contribution is -0.120. The predicted molar refractivity (Wildman–Crippen MR) is 73.3 cm³/mol. The molecule has 0 aromatic heterocycles. The minimum Gasteiger partial charge on any atom is -0.493 e. The van der Waals surface area contributed by atoms with E-state index >= 15 is 0 Å². The highest BCUT2D eigenvalue weighted by Gasteiger charge is 2.22. The van der Waals surface area contributed by atoms with Crippen molar-refractivity contribution in [3.05, 3.63) is 28.8 Å². The van der Waals surface area contributed by atoms with Gasteiger partial charge in [0.05, 0.1) is 6.61 Å². The summed E-state index contributed by atoms with van der Waals surface area (Å²) in [7, 11) is 0. The summed E-state index contributed by atoms with van der Waals surface area (Å²) in [6.07, 6.45) is 3.66. The zero-order valence-corrected chi connectivity index (χ0v) is 11.6. The Kier molecular flexibility index (Phi) is 4.05.